The van der Waals surface area contributed by atoms with E-state index in [0.717, 1.165) is 31.4 Å². The Kier molecular flexibility index (Phi) is 4.20. The standard InChI is InChI=1S/C13H18O4/c1-15-13(14)10-4-6-11(7-5-10)17-9-12-3-2-8-16-12/h2-3,8,10-11H,4-7,9H2,1H3. The summed E-state index contributed by atoms with van der Waals surface area (Å²) in [6.45, 7) is 0.514. The van der Waals surface area contributed by atoms with E-state index in [2.05, 4.69) is 0 Å². The minimum Gasteiger partial charge on any atom is -0.469 e. The second kappa shape index (κ2) is 5.87. The molecule has 1 saturated carbocycles. The average Bonchev–Trinajstić information content (AvgIpc) is 2.89. The molecule has 17 heavy (non-hydrogen) atoms. The fraction of sp³-hybridized carbons (Fsp3) is 0.615. The number of carbonyl (C=O) groups excluding carboxylic acids is 1. The van der Waals surface area contributed by atoms with Crippen molar-refractivity contribution in [3.05, 3.63) is 24.2 Å². The van der Waals surface area contributed by atoms with Gasteiger partial charge in [0.25, 0.3) is 0 Å². The van der Waals surface area contributed by atoms with Gasteiger partial charge in [-0.25, -0.2) is 0 Å². The lowest BCUT2D eigenvalue weighted by Crippen LogP contribution is -2.26. The number of ether oxygens (including phenoxy) is 2. The molecule has 0 radical (unpaired) electrons. The van der Waals surface area contributed by atoms with E-state index in [4.69, 9.17) is 13.9 Å². The maximum absolute atomic E-state index is 11.3. The molecule has 0 N–H and O–H groups in total. The van der Waals surface area contributed by atoms with Crippen LogP contribution < -0.4 is 0 Å². The molecule has 1 aromatic heterocycles. The summed E-state index contributed by atoms with van der Waals surface area (Å²) in [6.07, 6.45) is 5.43. The summed E-state index contributed by atoms with van der Waals surface area (Å²) in [4.78, 5) is 11.3. The molecule has 4 heteroatoms. The van der Waals surface area contributed by atoms with Gasteiger partial charge >= 0.3 is 5.97 Å². The van der Waals surface area contributed by atoms with E-state index >= 15 is 0 Å². The Bertz CT molecular complexity index is 336. The highest BCUT2D eigenvalue weighted by Crippen LogP contribution is 2.27. The van der Waals surface area contributed by atoms with Gasteiger partial charge in [-0.05, 0) is 37.8 Å². The number of hydrogen-bond acceptors (Lipinski definition) is 4. The molecule has 1 aliphatic rings. The highest BCUT2D eigenvalue weighted by molar-refractivity contribution is 5.72. The molecule has 0 aliphatic heterocycles. The van der Waals surface area contributed by atoms with Crippen molar-refractivity contribution in [1.82, 2.24) is 0 Å². The van der Waals surface area contributed by atoms with Gasteiger partial charge in [-0.1, -0.05) is 0 Å². The molecule has 0 atom stereocenters. The molecule has 0 unspecified atom stereocenters. The number of hydrogen-bond donors (Lipinski definition) is 0. The molecule has 0 spiro atoms. The molecule has 0 saturated heterocycles. The van der Waals surface area contributed by atoms with Crippen LogP contribution in [0.25, 0.3) is 0 Å². The third-order valence-corrected chi connectivity index (χ3v) is 3.25. The first-order valence-electron chi connectivity index (χ1n) is 6.01. The van der Waals surface area contributed by atoms with Crippen molar-refractivity contribution in [3.8, 4) is 0 Å². The first-order chi connectivity index (χ1) is 8.29. The number of furan rings is 1. The van der Waals surface area contributed by atoms with E-state index < -0.39 is 0 Å². The summed E-state index contributed by atoms with van der Waals surface area (Å²) < 4.78 is 15.7. The monoisotopic (exact) mass is 238 g/mol. The smallest absolute Gasteiger partial charge is 0.308 e. The van der Waals surface area contributed by atoms with Crippen molar-refractivity contribution in [2.24, 2.45) is 5.92 Å². The van der Waals surface area contributed by atoms with Crippen LogP contribution in [0.5, 0.6) is 0 Å². The van der Waals surface area contributed by atoms with Crippen LogP contribution in [0.15, 0.2) is 22.8 Å². The van der Waals surface area contributed by atoms with Crippen molar-refractivity contribution in [3.63, 3.8) is 0 Å². The van der Waals surface area contributed by atoms with Gasteiger partial charge in [0.2, 0.25) is 0 Å². The molecule has 0 bridgehead atoms. The summed E-state index contributed by atoms with van der Waals surface area (Å²) in [7, 11) is 1.45. The Balaban J connectivity index is 1.70. The molecular formula is C13H18O4. The molecule has 1 heterocycles. The Labute approximate surface area is 101 Å². The molecule has 1 fully saturated rings. The highest BCUT2D eigenvalue weighted by Gasteiger charge is 2.27. The summed E-state index contributed by atoms with van der Waals surface area (Å²) in [5, 5.41) is 0. The summed E-state index contributed by atoms with van der Waals surface area (Å²) >= 11 is 0. The first kappa shape index (κ1) is 12.2. The SMILES string of the molecule is COC(=O)C1CCC(OCc2ccco2)CC1. The zero-order valence-corrected chi connectivity index (χ0v) is 10.1. The molecule has 4 nitrogen and oxygen atoms in total. The van der Waals surface area contributed by atoms with Crippen LogP contribution in [0.2, 0.25) is 0 Å². The van der Waals surface area contributed by atoms with Gasteiger partial charge in [0.1, 0.15) is 12.4 Å². The third kappa shape index (κ3) is 3.33. The second-order valence-electron chi connectivity index (χ2n) is 4.39. The summed E-state index contributed by atoms with van der Waals surface area (Å²) in [5.41, 5.74) is 0. The van der Waals surface area contributed by atoms with Crippen LogP contribution in [0.3, 0.4) is 0 Å². The maximum Gasteiger partial charge on any atom is 0.308 e. The Morgan fingerprint density at radius 2 is 2.18 bits per heavy atom. The van der Waals surface area contributed by atoms with Crippen LogP contribution in [0.4, 0.5) is 0 Å². The quantitative estimate of drug-likeness (QED) is 0.756. The van der Waals surface area contributed by atoms with Crippen molar-refractivity contribution >= 4 is 5.97 Å². The highest BCUT2D eigenvalue weighted by atomic mass is 16.5. The number of carbonyl (C=O) groups is 1. The van der Waals surface area contributed by atoms with Crippen molar-refractivity contribution in [1.29, 1.82) is 0 Å². The lowest BCUT2D eigenvalue weighted by Gasteiger charge is -2.26. The van der Waals surface area contributed by atoms with E-state index in [-0.39, 0.29) is 18.0 Å². The maximum atomic E-state index is 11.3. The van der Waals surface area contributed by atoms with Gasteiger partial charge in [-0.2, -0.15) is 0 Å². The lowest BCUT2D eigenvalue weighted by molar-refractivity contribution is -0.147. The minimum absolute atomic E-state index is 0.0588. The molecule has 94 valence electrons. The minimum atomic E-state index is -0.0884. The number of methoxy groups -OCH3 is 1. The van der Waals surface area contributed by atoms with Gasteiger partial charge in [0.15, 0.2) is 0 Å². The first-order valence-corrected chi connectivity index (χ1v) is 6.01. The van der Waals surface area contributed by atoms with E-state index in [1.165, 1.54) is 7.11 Å². The van der Waals surface area contributed by atoms with Gasteiger partial charge in [0, 0.05) is 0 Å². The van der Waals surface area contributed by atoms with Crippen molar-refractivity contribution in [2.45, 2.75) is 38.4 Å². The van der Waals surface area contributed by atoms with Gasteiger partial charge < -0.3 is 13.9 Å². The fourth-order valence-corrected chi connectivity index (χ4v) is 2.23. The molecule has 0 aromatic carbocycles. The predicted octanol–water partition coefficient (Wildman–Crippen LogP) is 2.53. The summed E-state index contributed by atoms with van der Waals surface area (Å²) in [5.74, 6) is 0.818. The second-order valence-corrected chi connectivity index (χ2v) is 4.39. The van der Waals surface area contributed by atoms with Crippen LogP contribution >= 0.6 is 0 Å². The normalized spacial score (nSPS) is 24.5. The zero-order chi connectivity index (χ0) is 12.1. The van der Waals surface area contributed by atoms with E-state index in [0.29, 0.717) is 6.61 Å². The molecule has 1 aromatic rings. The van der Waals surface area contributed by atoms with E-state index in [9.17, 15) is 4.79 Å². The van der Waals surface area contributed by atoms with Crippen molar-refractivity contribution < 1.29 is 18.7 Å². The molecular weight excluding hydrogens is 220 g/mol. The van der Waals surface area contributed by atoms with E-state index in [1.807, 2.05) is 12.1 Å². The third-order valence-electron chi connectivity index (χ3n) is 3.25. The predicted molar refractivity (Wildman–Crippen MR) is 61.3 cm³/mol. The van der Waals surface area contributed by atoms with E-state index in [1.54, 1.807) is 6.26 Å². The van der Waals surface area contributed by atoms with Gasteiger partial charge in [0.05, 0.1) is 25.4 Å². The molecule has 2 rings (SSSR count). The average molecular weight is 238 g/mol. The summed E-state index contributed by atoms with van der Waals surface area (Å²) in [6, 6.07) is 3.76. The fourth-order valence-electron chi connectivity index (χ4n) is 2.23. The Morgan fingerprint density at radius 3 is 2.76 bits per heavy atom. The Hall–Kier alpha value is -1.29. The van der Waals surface area contributed by atoms with Crippen molar-refractivity contribution in [2.75, 3.05) is 7.11 Å². The number of rotatable bonds is 4. The molecule has 0 amide bonds. The van der Waals surface area contributed by atoms with Gasteiger partial charge in [-0.3, -0.25) is 4.79 Å². The van der Waals surface area contributed by atoms with Gasteiger partial charge in [-0.15, -0.1) is 0 Å². The van der Waals surface area contributed by atoms with Crippen LogP contribution in [-0.2, 0) is 20.9 Å². The largest absolute Gasteiger partial charge is 0.469 e. The molecule has 1 aliphatic carbocycles. The number of esters is 1. The Morgan fingerprint density at radius 1 is 1.41 bits per heavy atom. The van der Waals surface area contributed by atoms with Crippen LogP contribution in [0.1, 0.15) is 31.4 Å². The lowest BCUT2D eigenvalue weighted by atomic mass is 9.87. The van der Waals surface area contributed by atoms with Crippen LogP contribution in [0, 0.1) is 5.92 Å². The van der Waals surface area contributed by atoms with Crippen LogP contribution in [-0.4, -0.2) is 19.2 Å². The zero-order valence-electron chi connectivity index (χ0n) is 10.1. The topological polar surface area (TPSA) is 48.7 Å².